The quantitative estimate of drug-likeness (QED) is 0.777. The second kappa shape index (κ2) is 4.79. The van der Waals surface area contributed by atoms with E-state index in [9.17, 15) is 0 Å². The smallest absolute Gasteiger partial charge is 0.191 e. The average molecular weight is 214 g/mol. The van der Waals surface area contributed by atoms with Crippen molar-refractivity contribution in [1.82, 2.24) is 14.8 Å². The summed E-state index contributed by atoms with van der Waals surface area (Å²) in [6.07, 6.45) is 0. The Hall–Kier alpha value is -0.550. The fraction of sp³-hybridized carbons (Fsp3) is 0.778. The molecular formula is C9H18N4S. The molecule has 1 heterocycles. The van der Waals surface area contributed by atoms with E-state index >= 15 is 0 Å². The zero-order chi connectivity index (χ0) is 10.7. The third-order valence-corrected chi connectivity index (χ3v) is 2.74. The normalized spacial score (nSPS) is 11.6. The predicted octanol–water partition coefficient (Wildman–Crippen LogP) is 1.82. The fourth-order valence-electron chi connectivity index (χ4n) is 1.26. The molecule has 0 aliphatic heterocycles. The van der Waals surface area contributed by atoms with Gasteiger partial charge in [-0.3, -0.25) is 0 Å². The van der Waals surface area contributed by atoms with Crippen molar-refractivity contribution in [3.05, 3.63) is 5.82 Å². The van der Waals surface area contributed by atoms with Crippen LogP contribution >= 0.6 is 11.8 Å². The summed E-state index contributed by atoms with van der Waals surface area (Å²) < 4.78 is 2.10. The SMILES string of the molecule is CC(C)Sc1nnc(CN)n1C(C)C. The van der Waals surface area contributed by atoms with E-state index in [1.165, 1.54) is 0 Å². The summed E-state index contributed by atoms with van der Waals surface area (Å²) in [5, 5.41) is 9.70. The molecule has 0 saturated carbocycles. The predicted molar refractivity (Wildman–Crippen MR) is 59.3 cm³/mol. The summed E-state index contributed by atoms with van der Waals surface area (Å²) in [4.78, 5) is 0. The molecular weight excluding hydrogens is 196 g/mol. The summed E-state index contributed by atoms with van der Waals surface area (Å²) >= 11 is 1.72. The maximum Gasteiger partial charge on any atom is 0.191 e. The van der Waals surface area contributed by atoms with Crippen LogP contribution in [-0.2, 0) is 6.54 Å². The molecule has 0 aliphatic carbocycles. The van der Waals surface area contributed by atoms with E-state index in [4.69, 9.17) is 5.73 Å². The Labute approximate surface area is 89.3 Å². The molecule has 2 N–H and O–H groups in total. The third kappa shape index (κ3) is 2.48. The Morgan fingerprint density at radius 3 is 2.36 bits per heavy atom. The van der Waals surface area contributed by atoms with Gasteiger partial charge in [-0.25, -0.2) is 0 Å². The Bertz CT molecular complexity index is 293. The van der Waals surface area contributed by atoms with Crippen molar-refractivity contribution in [1.29, 1.82) is 0 Å². The Balaban J connectivity index is 2.98. The molecule has 0 unspecified atom stereocenters. The molecule has 5 heteroatoms. The van der Waals surface area contributed by atoms with E-state index < -0.39 is 0 Å². The van der Waals surface area contributed by atoms with E-state index in [0.29, 0.717) is 17.8 Å². The molecule has 1 rings (SSSR count). The molecule has 1 aromatic heterocycles. The average Bonchev–Trinajstić information content (AvgIpc) is 2.46. The van der Waals surface area contributed by atoms with Gasteiger partial charge in [-0.15, -0.1) is 10.2 Å². The van der Waals surface area contributed by atoms with Gasteiger partial charge >= 0.3 is 0 Å². The number of rotatable bonds is 4. The first-order valence-corrected chi connectivity index (χ1v) is 5.74. The highest BCUT2D eigenvalue weighted by Crippen LogP contribution is 2.24. The highest BCUT2D eigenvalue weighted by Gasteiger charge is 2.14. The Kier molecular flexibility index (Phi) is 3.95. The molecule has 0 saturated heterocycles. The molecule has 0 amide bonds. The maximum atomic E-state index is 5.60. The van der Waals surface area contributed by atoms with Gasteiger partial charge < -0.3 is 10.3 Å². The summed E-state index contributed by atoms with van der Waals surface area (Å²) in [7, 11) is 0. The number of thioether (sulfide) groups is 1. The molecule has 0 aliphatic rings. The van der Waals surface area contributed by atoms with Crippen LogP contribution in [0.25, 0.3) is 0 Å². The van der Waals surface area contributed by atoms with Gasteiger partial charge in [0.1, 0.15) is 5.82 Å². The van der Waals surface area contributed by atoms with Gasteiger partial charge in [-0.05, 0) is 13.8 Å². The molecule has 0 fully saturated rings. The van der Waals surface area contributed by atoms with E-state index in [1.807, 2.05) is 0 Å². The second-order valence-corrected chi connectivity index (χ2v) is 5.28. The molecule has 0 bridgehead atoms. The summed E-state index contributed by atoms with van der Waals surface area (Å²) in [6, 6.07) is 0.366. The van der Waals surface area contributed by atoms with Crippen molar-refractivity contribution >= 4 is 11.8 Å². The Morgan fingerprint density at radius 1 is 1.29 bits per heavy atom. The number of hydrogen-bond donors (Lipinski definition) is 1. The molecule has 0 radical (unpaired) electrons. The molecule has 14 heavy (non-hydrogen) atoms. The molecule has 0 spiro atoms. The fourth-order valence-corrected chi connectivity index (χ4v) is 2.20. The van der Waals surface area contributed by atoms with Gasteiger partial charge in [0.2, 0.25) is 0 Å². The van der Waals surface area contributed by atoms with Crippen LogP contribution < -0.4 is 5.73 Å². The topological polar surface area (TPSA) is 56.7 Å². The standard InChI is InChI=1S/C9H18N4S/c1-6(2)13-8(5-10)11-12-9(13)14-7(3)4/h6-7H,5,10H2,1-4H3. The van der Waals surface area contributed by atoms with Crippen LogP contribution in [0, 0.1) is 0 Å². The van der Waals surface area contributed by atoms with Crippen LogP contribution in [0.1, 0.15) is 39.6 Å². The van der Waals surface area contributed by atoms with Crippen molar-refractivity contribution in [2.24, 2.45) is 5.73 Å². The monoisotopic (exact) mass is 214 g/mol. The molecule has 1 aromatic rings. The van der Waals surface area contributed by atoms with Crippen molar-refractivity contribution in [2.45, 2.75) is 50.7 Å². The zero-order valence-corrected chi connectivity index (χ0v) is 10.0. The number of aromatic nitrogens is 3. The van der Waals surface area contributed by atoms with Crippen LogP contribution in [0.3, 0.4) is 0 Å². The van der Waals surface area contributed by atoms with E-state index in [-0.39, 0.29) is 0 Å². The van der Waals surface area contributed by atoms with Crippen LogP contribution in [0.5, 0.6) is 0 Å². The second-order valence-electron chi connectivity index (χ2n) is 3.73. The molecule has 4 nitrogen and oxygen atoms in total. The Morgan fingerprint density at radius 2 is 1.93 bits per heavy atom. The van der Waals surface area contributed by atoms with Gasteiger partial charge in [-0.1, -0.05) is 25.6 Å². The lowest BCUT2D eigenvalue weighted by molar-refractivity contribution is 0.525. The summed E-state index contributed by atoms with van der Waals surface area (Å²) in [6.45, 7) is 8.97. The van der Waals surface area contributed by atoms with Crippen LogP contribution in [-0.4, -0.2) is 20.0 Å². The zero-order valence-electron chi connectivity index (χ0n) is 9.19. The first-order valence-electron chi connectivity index (χ1n) is 4.86. The number of nitrogens with zero attached hydrogens (tertiary/aromatic N) is 3. The first-order chi connectivity index (χ1) is 6.56. The van der Waals surface area contributed by atoms with Crippen LogP contribution in [0.4, 0.5) is 0 Å². The van der Waals surface area contributed by atoms with Gasteiger partial charge in [0.25, 0.3) is 0 Å². The van der Waals surface area contributed by atoms with Crippen LogP contribution in [0.2, 0.25) is 0 Å². The van der Waals surface area contributed by atoms with E-state index in [2.05, 4.69) is 42.5 Å². The van der Waals surface area contributed by atoms with Crippen molar-refractivity contribution in [3.63, 3.8) is 0 Å². The van der Waals surface area contributed by atoms with Gasteiger partial charge in [0, 0.05) is 11.3 Å². The van der Waals surface area contributed by atoms with Gasteiger partial charge in [0.05, 0.1) is 6.54 Å². The minimum atomic E-state index is 0.366. The van der Waals surface area contributed by atoms with Crippen molar-refractivity contribution in [2.75, 3.05) is 0 Å². The van der Waals surface area contributed by atoms with Crippen molar-refractivity contribution < 1.29 is 0 Å². The molecule has 80 valence electrons. The highest BCUT2D eigenvalue weighted by molar-refractivity contribution is 7.99. The largest absolute Gasteiger partial charge is 0.324 e. The van der Waals surface area contributed by atoms with E-state index in [0.717, 1.165) is 11.0 Å². The summed E-state index contributed by atoms with van der Waals surface area (Å²) in [5.74, 6) is 0.864. The minimum Gasteiger partial charge on any atom is -0.324 e. The van der Waals surface area contributed by atoms with Gasteiger partial charge in [-0.2, -0.15) is 0 Å². The maximum absolute atomic E-state index is 5.60. The number of nitrogens with two attached hydrogens (primary N) is 1. The van der Waals surface area contributed by atoms with E-state index in [1.54, 1.807) is 11.8 Å². The van der Waals surface area contributed by atoms with Crippen molar-refractivity contribution in [3.8, 4) is 0 Å². The summed E-state index contributed by atoms with van der Waals surface area (Å²) in [5.41, 5.74) is 5.60. The lowest BCUT2D eigenvalue weighted by atomic mass is 10.4. The van der Waals surface area contributed by atoms with Crippen LogP contribution in [0.15, 0.2) is 5.16 Å². The highest BCUT2D eigenvalue weighted by atomic mass is 32.2. The first kappa shape index (κ1) is 11.5. The minimum absolute atomic E-state index is 0.366. The lowest BCUT2D eigenvalue weighted by Gasteiger charge is -2.13. The van der Waals surface area contributed by atoms with Gasteiger partial charge in [0.15, 0.2) is 5.16 Å². The third-order valence-electron chi connectivity index (χ3n) is 1.78. The lowest BCUT2D eigenvalue weighted by Crippen LogP contribution is -2.11. The molecule has 0 aromatic carbocycles. The molecule has 0 atom stereocenters. The number of hydrogen-bond acceptors (Lipinski definition) is 4.